The van der Waals surface area contributed by atoms with E-state index in [2.05, 4.69) is 10.6 Å². The van der Waals surface area contributed by atoms with Crippen LogP contribution in [0.25, 0.3) is 6.08 Å². The number of carbonyl (C=O) groups excluding carboxylic acids is 2. The van der Waals surface area contributed by atoms with E-state index in [-0.39, 0.29) is 5.91 Å². The molecule has 2 rings (SSSR count). The van der Waals surface area contributed by atoms with Gasteiger partial charge in [-0.3, -0.25) is 10.1 Å². The molecule has 26 heavy (non-hydrogen) atoms. The molecular weight excluding hydrogens is 328 g/mol. The average Bonchev–Trinajstić information content (AvgIpc) is 2.52. The lowest BCUT2D eigenvalue weighted by atomic mass is 10.1. The minimum atomic E-state index is -0.573. The van der Waals surface area contributed by atoms with Crippen molar-refractivity contribution in [3.8, 4) is 0 Å². The van der Waals surface area contributed by atoms with E-state index in [0.717, 1.165) is 11.1 Å². The predicted molar refractivity (Wildman–Crippen MR) is 105 cm³/mol. The summed E-state index contributed by atoms with van der Waals surface area (Å²) in [6, 6.07) is 14.7. The van der Waals surface area contributed by atoms with Gasteiger partial charge in [0, 0.05) is 17.5 Å². The van der Waals surface area contributed by atoms with E-state index in [1.165, 1.54) is 6.08 Å². The van der Waals surface area contributed by atoms with Gasteiger partial charge in [0.05, 0.1) is 0 Å². The molecule has 2 aromatic carbocycles. The van der Waals surface area contributed by atoms with Crippen LogP contribution in [0.3, 0.4) is 0 Å². The zero-order valence-electron chi connectivity index (χ0n) is 15.5. The van der Waals surface area contributed by atoms with Crippen LogP contribution < -0.4 is 10.6 Å². The largest absolute Gasteiger partial charge is 0.444 e. The van der Waals surface area contributed by atoms with Crippen LogP contribution in [0.15, 0.2) is 54.6 Å². The molecule has 0 aliphatic rings. The van der Waals surface area contributed by atoms with Gasteiger partial charge in [-0.1, -0.05) is 30.3 Å². The summed E-state index contributed by atoms with van der Waals surface area (Å²) in [5.41, 5.74) is 2.64. The van der Waals surface area contributed by atoms with E-state index < -0.39 is 11.7 Å². The second kappa shape index (κ2) is 8.34. The first-order valence-corrected chi connectivity index (χ1v) is 8.38. The highest BCUT2D eigenvalue weighted by Crippen LogP contribution is 2.17. The van der Waals surface area contributed by atoms with Crippen molar-refractivity contribution < 1.29 is 14.3 Å². The maximum Gasteiger partial charge on any atom is 0.412 e. The lowest BCUT2D eigenvalue weighted by molar-refractivity contribution is -0.111. The number of ether oxygens (including phenoxy) is 1. The Kier molecular flexibility index (Phi) is 6.17. The molecule has 0 saturated heterocycles. The van der Waals surface area contributed by atoms with Crippen molar-refractivity contribution in [2.75, 3.05) is 10.6 Å². The lowest BCUT2D eigenvalue weighted by Gasteiger charge is -2.19. The smallest absolute Gasteiger partial charge is 0.412 e. The highest BCUT2D eigenvalue weighted by molar-refractivity contribution is 6.02. The fraction of sp³-hybridized carbons (Fsp3) is 0.238. The van der Waals surface area contributed by atoms with E-state index in [1.54, 1.807) is 51.1 Å². The van der Waals surface area contributed by atoms with E-state index in [4.69, 9.17) is 4.74 Å². The molecule has 2 aromatic rings. The van der Waals surface area contributed by atoms with Crippen molar-refractivity contribution in [1.29, 1.82) is 0 Å². The Bertz CT molecular complexity index is 820. The molecule has 0 aromatic heterocycles. The van der Waals surface area contributed by atoms with Crippen LogP contribution >= 0.6 is 0 Å². The third kappa shape index (κ3) is 6.43. The Morgan fingerprint density at radius 3 is 2.27 bits per heavy atom. The second-order valence-corrected chi connectivity index (χ2v) is 6.89. The summed E-state index contributed by atoms with van der Waals surface area (Å²) >= 11 is 0. The van der Waals surface area contributed by atoms with Gasteiger partial charge in [-0.15, -0.1) is 0 Å². The standard InChI is InChI=1S/C21H24N2O3/c1-15-8-5-6-9-16(15)12-13-19(24)22-17-10-7-11-18(14-17)23-20(25)26-21(2,3)4/h5-14H,1-4H3,(H,22,24)(H,23,25)/b13-12+. The van der Waals surface area contributed by atoms with Gasteiger partial charge >= 0.3 is 6.09 Å². The van der Waals surface area contributed by atoms with E-state index in [1.807, 2.05) is 31.2 Å². The molecule has 0 atom stereocenters. The van der Waals surface area contributed by atoms with Crippen LogP contribution in [0.1, 0.15) is 31.9 Å². The number of hydrogen-bond donors (Lipinski definition) is 2. The topological polar surface area (TPSA) is 67.4 Å². The predicted octanol–water partition coefficient (Wildman–Crippen LogP) is 4.99. The average molecular weight is 352 g/mol. The Balaban J connectivity index is 1.98. The molecule has 0 fully saturated rings. The highest BCUT2D eigenvalue weighted by Gasteiger charge is 2.16. The van der Waals surface area contributed by atoms with Gasteiger partial charge in [-0.05, 0) is 63.1 Å². The summed E-state index contributed by atoms with van der Waals surface area (Å²) in [5.74, 6) is -0.248. The van der Waals surface area contributed by atoms with Crippen molar-refractivity contribution in [3.63, 3.8) is 0 Å². The quantitative estimate of drug-likeness (QED) is 0.761. The first-order valence-electron chi connectivity index (χ1n) is 8.38. The molecule has 0 heterocycles. The molecule has 2 N–H and O–H groups in total. The summed E-state index contributed by atoms with van der Waals surface area (Å²) in [7, 11) is 0. The Morgan fingerprint density at radius 2 is 1.62 bits per heavy atom. The third-order valence-electron chi connectivity index (χ3n) is 3.38. The number of carbonyl (C=O) groups is 2. The molecule has 0 unspecified atom stereocenters. The van der Waals surface area contributed by atoms with E-state index in [9.17, 15) is 9.59 Å². The first-order chi connectivity index (χ1) is 12.2. The monoisotopic (exact) mass is 352 g/mol. The first kappa shape index (κ1) is 19.2. The highest BCUT2D eigenvalue weighted by atomic mass is 16.6. The molecule has 5 nitrogen and oxygen atoms in total. The minimum absolute atomic E-state index is 0.248. The van der Waals surface area contributed by atoms with Gasteiger partial charge in [-0.2, -0.15) is 0 Å². The molecule has 2 amide bonds. The van der Waals surface area contributed by atoms with Gasteiger partial charge < -0.3 is 10.1 Å². The van der Waals surface area contributed by atoms with Crippen molar-refractivity contribution in [3.05, 3.63) is 65.7 Å². The van der Waals surface area contributed by atoms with Crippen LogP contribution in [-0.2, 0) is 9.53 Å². The Morgan fingerprint density at radius 1 is 0.962 bits per heavy atom. The summed E-state index contributed by atoms with van der Waals surface area (Å²) in [5, 5.41) is 5.42. The molecule has 0 bridgehead atoms. The van der Waals surface area contributed by atoms with Gasteiger partial charge in [0.1, 0.15) is 5.60 Å². The van der Waals surface area contributed by atoms with Crippen LogP contribution in [-0.4, -0.2) is 17.6 Å². The van der Waals surface area contributed by atoms with Crippen LogP contribution in [0, 0.1) is 6.92 Å². The number of anilines is 2. The van der Waals surface area contributed by atoms with Crippen LogP contribution in [0.2, 0.25) is 0 Å². The second-order valence-electron chi connectivity index (χ2n) is 6.89. The van der Waals surface area contributed by atoms with Crippen molar-refractivity contribution in [1.82, 2.24) is 0 Å². The number of rotatable bonds is 4. The molecule has 0 spiro atoms. The van der Waals surface area contributed by atoms with Crippen molar-refractivity contribution in [2.24, 2.45) is 0 Å². The summed E-state index contributed by atoms with van der Waals surface area (Å²) in [6.07, 6.45) is 2.71. The normalized spacial score (nSPS) is 11.2. The molecular formula is C21H24N2O3. The molecule has 5 heteroatoms. The SMILES string of the molecule is Cc1ccccc1/C=C/C(=O)Nc1cccc(NC(=O)OC(C)(C)C)c1. The molecule has 0 aliphatic carbocycles. The zero-order chi connectivity index (χ0) is 19.2. The fourth-order valence-electron chi connectivity index (χ4n) is 2.22. The summed E-state index contributed by atoms with van der Waals surface area (Å²) in [6.45, 7) is 7.38. The molecule has 0 aliphatic heterocycles. The zero-order valence-corrected chi connectivity index (χ0v) is 15.5. The maximum absolute atomic E-state index is 12.1. The Labute approximate surface area is 154 Å². The number of amides is 2. The van der Waals surface area contributed by atoms with Crippen LogP contribution in [0.5, 0.6) is 0 Å². The minimum Gasteiger partial charge on any atom is -0.444 e. The summed E-state index contributed by atoms with van der Waals surface area (Å²) < 4.78 is 5.21. The summed E-state index contributed by atoms with van der Waals surface area (Å²) in [4.78, 5) is 23.9. The molecule has 136 valence electrons. The van der Waals surface area contributed by atoms with Gasteiger partial charge in [0.15, 0.2) is 0 Å². The maximum atomic E-state index is 12.1. The number of benzene rings is 2. The number of nitrogens with one attached hydrogen (secondary N) is 2. The van der Waals surface area contributed by atoms with E-state index in [0.29, 0.717) is 11.4 Å². The molecule has 0 radical (unpaired) electrons. The van der Waals surface area contributed by atoms with Gasteiger partial charge in [0.25, 0.3) is 0 Å². The van der Waals surface area contributed by atoms with Crippen molar-refractivity contribution >= 4 is 29.5 Å². The fourth-order valence-corrected chi connectivity index (χ4v) is 2.22. The van der Waals surface area contributed by atoms with E-state index >= 15 is 0 Å². The Hall–Kier alpha value is -3.08. The van der Waals surface area contributed by atoms with Gasteiger partial charge in [0.2, 0.25) is 5.91 Å². The van der Waals surface area contributed by atoms with Gasteiger partial charge in [-0.25, -0.2) is 4.79 Å². The lowest BCUT2D eigenvalue weighted by Crippen LogP contribution is -2.27. The number of aryl methyl sites for hydroxylation is 1. The number of hydrogen-bond acceptors (Lipinski definition) is 3. The van der Waals surface area contributed by atoms with Crippen molar-refractivity contribution in [2.45, 2.75) is 33.3 Å². The molecule has 0 saturated carbocycles. The van der Waals surface area contributed by atoms with Crippen LogP contribution in [0.4, 0.5) is 16.2 Å². The third-order valence-corrected chi connectivity index (χ3v) is 3.38.